The molecular weight excluding hydrogens is 242 g/mol. The Bertz CT molecular complexity index is 319. The van der Waals surface area contributed by atoms with E-state index in [0.29, 0.717) is 19.0 Å². The monoisotopic (exact) mass is 269 g/mol. The second kappa shape index (κ2) is 6.92. The number of nitrogens with zero attached hydrogens (tertiary/aromatic N) is 1. The number of hydrogen-bond acceptors (Lipinski definition) is 2. The first-order valence-electron chi connectivity index (χ1n) is 7.42. The van der Waals surface area contributed by atoms with Crippen LogP contribution < -0.4 is 0 Å². The molecular formula is C15H27NO3. The summed E-state index contributed by atoms with van der Waals surface area (Å²) in [5.41, 5.74) is -0.220. The molecule has 1 aliphatic rings. The molecule has 0 aromatic carbocycles. The summed E-state index contributed by atoms with van der Waals surface area (Å²) in [4.78, 5) is 25.2. The molecule has 0 radical (unpaired) electrons. The number of carboxylic acids is 1. The Morgan fingerprint density at radius 3 is 2.26 bits per heavy atom. The van der Waals surface area contributed by atoms with Crippen LogP contribution in [-0.2, 0) is 9.59 Å². The van der Waals surface area contributed by atoms with E-state index in [1.165, 1.54) is 0 Å². The van der Waals surface area contributed by atoms with Gasteiger partial charge >= 0.3 is 5.97 Å². The van der Waals surface area contributed by atoms with Crippen LogP contribution in [0.5, 0.6) is 0 Å². The highest BCUT2D eigenvalue weighted by atomic mass is 16.4. The van der Waals surface area contributed by atoms with Gasteiger partial charge in [-0.2, -0.15) is 0 Å². The van der Waals surface area contributed by atoms with Gasteiger partial charge in [0.1, 0.15) is 0 Å². The Hall–Kier alpha value is -1.06. The molecule has 19 heavy (non-hydrogen) atoms. The van der Waals surface area contributed by atoms with Crippen LogP contribution in [0.25, 0.3) is 0 Å². The number of carbonyl (C=O) groups excluding carboxylic acids is 1. The average Bonchev–Trinajstić information content (AvgIpc) is 2.78. The molecule has 0 heterocycles. The van der Waals surface area contributed by atoms with Gasteiger partial charge in [-0.3, -0.25) is 9.59 Å². The number of hydrogen-bond donors (Lipinski definition) is 1. The molecule has 1 N–H and O–H groups in total. The zero-order chi connectivity index (χ0) is 14.5. The van der Waals surface area contributed by atoms with E-state index in [-0.39, 0.29) is 17.7 Å². The van der Waals surface area contributed by atoms with Crippen molar-refractivity contribution in [2.75, 3.05) is 13.1 Å². The third kappa shape index (κ3) is 4.22. The van der Waals surface area contributed by atoms with E-state index in [0.717, 1.165) is 32.1 Å². The zero-order valence-electron chi connectivity index (χ0n) is 12.4. The smallest absolute Gasteiger partial charge is 0.305 e. The molecule has 1 aliphatic carbocycles. The van der Waals surface area contributed by atoms with Gasteiger partial charge in [0.2, 0.25) is 5.91 Å². The highest BCUT2D eigenvalue weighted by Crippen LogP contribution is 2.44. The Morgan fingerprint density at radius 2 is 1.84 bits per heavy atom. The van der Waals surface area contributed by atoms with Crippen molar-refractivity contribution in [3.63, 3.8) is 0 Å². The van der Waals surface area contributed by atoms with E-state index >= 15 is 0 Å². The summed E-state index contributed by atoms with van der Waals surface area (Å²) in [5, 5.41) is 8.78. The van der Waals surface area contributed by atoms with Crippen molar-refractivity contribution in [1.82, 2.24) is 4.90 Å². The summed E-state index contributed by atoms with van der Waals surface area (Å²) < 4.78 is 0. The summed E-state index contributed by atoms with van der Waals surface area (Å²) in [6.45, 7) is 7.18. The quantitative estimate of drug-likeness (QED) is 0.773. The minimum atomic E-state index is -0.837. The van der Waals surface area contributed by atoms with E-state index in [9.17, 15) is 9.59 Å². The minimum absolute atomic E-state index is 0.0390. The Balaban J connectivity index is 2.76. The number of carboxylic acid groups (broad SMARTS) is 1. The van der Waals surface area contributed by atoms with Crippen molar-refractivity contribution < 1.29 is 14.7 Å². The fourth-order valence-electron chi connectivity index (χ4n) is 3.31. The Kier molecular flexibility index (Phi) is 5.83. The molecule has 1 amide bonds. The third-order valence-corrected chi connectivity index (χ3v) is 4.08. The lowest BCUT2D eigenvalue weighted by molar-refractivity contribution is -0.144. The van der Waals surface area contributed by atoms with Crippen LogP contribution in [0.1, 0.15) is 59.3 Å². The lowest BCUT2D eigenvalue weighted by Gasteiger charge is -2.35. The SMILES string of the molecule is CCN(CCC(=O)O)C(=O)C1(CC(C)C)CCCC1. The van der Waals surface area contributed by atoms with E-state index in [2.05, 4.69) is 13.8 Å². The highest BCUT2D eigenvalue weighted by molar-refractivity contribution is 5.83. The van der Waals surface area contributed by atoms with Crippen molar-refractivity contribution in [2.45, 2.75) is 59.3 Å². The normalized spacial score (nSPS) is 17.7. The molecule has 110 valence electrons. The second-order valence-corrected chi connectivity index (χ2v) is 6.11. The van der Waals surface area contributed by atoms with Crippen molar-refractivity contribution in [1.29, 1.82) is 0 Å². The number of amides is 1. The molecule has 0 saturated heterocycles. The molecule has 0 atom stereocenters. The zero-order valence-corrected chi connectivity index (χ0v) is 12.4. The summed E-state index contributed by atoms with van der Waals surface area (Å²) in [5.74, 6) is -0.154. The molecule has 1 fully saturated rings. The topological polar surface area (TPSA) is 57.6 Å². The van der Waals surface area contributed by atoms with Crippen LogP contribution in [0.15, 0.2) is 0 Å². The predicted octanol–water partition coefficient (Wildman–Crippen LogP) is 2.92. The molecule has 0 aromatic heterocycles. The van der Waals surface area contributed by atoms with Crippen molar-refractivity contribution in [3.8, 4) is 0 Å². The summed E-state index contributed by atoms with van der Waals surface area (Å²) in [7, 11) is 0. The Labute approximate surface area is 116 Å². The maximum atomic E-state index is 12.8. The van der Waals surface area contributed by atoms with Crippen LogP contribution >= 0.6 is 0 Å². The van der Waals surface area contributed by atoms with Gasteiger partial charge in [0.15, 0.2) is 0 Å². The number of carbonyl (C=O) groups is 2. The molecule has 0 unspecified atom stereocenters. The molecule has 4 nitrogen and oxygen atoms in total. The molecule has 1 saturated carbocycles. The van der Waals surface area contributed by atoms with Crippen LogP contribution in [0, 0.1) is 11.3 Å². The maximum Gasteiger partial charge on any atom is 0.305 e. The van der Waals surface area contributed by atoms with Gasteiger partial charge in [0, 0.05) is 18.5 Å². The Morgan fingerprint density at radius 1 is 1.26 bits per heavy atom. The van der Waals surface area contributed by atoms with Crippen molar-refractivity contribution >= 4 is 11.9 Å². The average molecular weight is 269 g/mol. The minimum Gasteiger partial charge on any atom is -0.481 e. The van der Waals surface area contributed by atoms with Crippen molar-refractivity contribution in [3.05, 3.63) is 0 Å². The fourth-order valence-corrected chi connectivity index (χ4v) is 3.31. The first-order chi connectivity index (χ1) is 8.91. The van der Waals surface area contributed by atoms with E-state index in [1.54, 1.807) is 4.90 Å². The van der Waals surface area contributed by atoms with E-state index in [1.807, 2.05) is 6.92 Å². The molecule has 1 rings (SSSR count). The number of aliphatic carboxylic acids is 1. The van der Waals surface area contributed by atoms with Gasteiger partial charge in [-0.25, -0.2) is 0 Å². The summed E-state index contributed by atoms with van der Waals surface area (Å²) >= 11 is 0. The fraction of sp³-hybridized carbons (Fsp3) is 0.867. The van der Waals surface area contributed by atoms with Gasteiger partial charge in [-0.05, 0) is 32.1 Å². The molecule has 0 spiro atoms. The van der Waals surface area contributed by atoms with Gasteiger partial charge in [0.25, 0.3) is 0 Å². The van der Waals surface area contributed by atoms with Gasteiger partial charge in [0.05, 0.1) is 6.42 Å². The molecule has 4 heteroatoms. The number of rotatable bonds is 7. The van der Waals surface area contributed by atoms with Gasteiger partial charge < -0.3 is 10.0 Å². The summed E-state index contributed by atoms with van der Waals surface area (Å²) in [6.07, 6.45) is 5.14. The largest absolute Gasteiger partial charge is 0.481 e. The van der Waals surface area contributed by atoms with Crippen LogP contribution in [-0.4, -0.2) is 35.0 Å². The lowest BCUT2D eigenvalue weighted by Crippen LogP contribution is -2.44. The van der Waals surface area contributed by atoms with Crippen LogP contribution in [0.3, 0.4) is 0 Å². The second-order valence-electron chi connectivity index (χ2n) is 6.11. The van der Waals surface area contributed by atoms with Crippen LogP contribution in [0.2, 0.25) is 0 Å². The van der Waals surface area contributed by atoms with E-state index < -0.39 is 5.97 Å². The lowest BCUT2D eigenvalue weighted by atomic mass is 9.77. The third-order valence-electron chi connectivity index (χ3n) is 4.08. The first-order valence-corrected chi connectivity index (χ1v) is 7.42. The highest BCUT2D eigenvalue weighted by Gasteiger charge is 2.43. The van der Waals surface area contributed by atoms with E-state index in [4.69, 9.17) is 5.11 Å². The molecule has 0 bridgehead atoms. The summed E-state index contributed by atoms with van der Waals surface area (Å²) in [6, 6.07) is 0. The molecule has 0 aromatic rings. The maximum absolute atomic E-state index is 12.8. The van der Waals surface area contributed by atoms with Crippen molar-refractivity contribution in [2.24, 2.45) is 11.3 Å². The van der Waals surface area contributed by atoms with Crippen LogP contribution in [0.4, 0.5) is 0 Å². The first kappa shape index (κ1) is 16.0. The standard InChI is InChI=1S/C15H27NO3/c1-4-16(10-7-13(17)18)14(19)15(11-12(2)3)8-5-6-9-15/h12H,4-11H2,1-3H3,(H,17,18). The van der Waals surface area contributed by atoms with Gasteiger partial charge in [-0.15, -0.1) is 0 Å². The molecule has 0 aliphatic heterocycles. The predicted molar refractivity (Wildman–Crippen MR) is 74.9 cm³/mol. The van der Waals surface area contributed by atoms with Gasteiger partial charge in [-0.1, -0.05) is 26.7 Å².